The number of hydrogen-bond donors (Lipinski definition) is 0. The Morgan fingerprint density at radius 3 is 2.07 bits per heavy atom. The molecule has 0 aromatic heterocycles. The van der Waals surface area contributed by atoms with Crippen molar-refractivity contribution in [2.24, 2.45) is 56.7 Å². The van der Waals surface area contributed by atoms with Crippen LogP contribution in [0.15, 0.2) is 11.6 Å². The van der Waals surface area contributed by atoms with E-state index in [1.54, 1.807) is 5.57 Å². The summed E-state index contributed by atoms with van der Waals surface area (Å²) in [6.07, 6.45) is 13.7. The van der Waals surface area contributed by atoms with Gasteiger partial charge in [0.1, 0.15) is 0 Å². The van der Waals surface area contributed by atoms with Crippen molar-refractivity contribution in [3.8, 4) is 0 Å². The monoisotopic (exact) mass is 600 g/mol. The predicted octanol–water partition coefficient (Wildman–Crippen LogP) is 10.2. The second kappa shape index (κ2) is 9.80. The van der Waals surface area contributed by atoms with Crippen LogP contribution in [0.2, 0.25) is 39.3 Å². The summed E-state index contributed by atoms with van der Waals surface area (Å²) in [5.41, 5.74) is 2.29. The molecule has 234 valence electrons. The number of carbonyl (C=O) groups is 1. The van der Waals surface area contributed by atoms with Crippen molar-refractivity contribution in [1.82, 2.24) is 0 Å². The van der Waals surface area contributed by atoms with E-state index in [0.717, 1.165) is 25.7 Å². The lowest BCUT2D eigenvalue weighted by atomic mass is 9.33. The molecular formula is C36H64O3Si2. The number of allylic oxidation sites excluding steroid dienone is 2. The molecule has 0 aromatic rings. The smallest absolute Gasteiger partial charge is 0.299 e. The first kappa shape index (κ1) is 32.0. The van der Waals surface area contributed by atoms with Crippen molar-refractivity contribution in [2.75, 3.05) is 0 Å². The van der Waals surface area contributed by atoms with Crippen LogP contribution in [0.4, 0.5) is 0 Å². The fourth-order valence-corrected chi connectivity index (χ4v) is 13.9. The molecule has 0 aliphatic heterocycles. The molecule has 0 spiro atoms. The first-order valence-electron chi connectivity index (χ1n) is 17.2. The second-order valence-electron chi connectivity index (χ2n) is 18.9. The lowest BCUT2D eigenvalue weighted by Gasteiger charge is -2.71. The van der Waals surface area contributed by atoms with E-state index in [0.29, 0.717) is 41.1 Å². The Hall–Kier alpha value is -0.396. The van der Waals surface area contributed by atoms with E-state index in [4.69, 9.17) is 8.85 Å². The highest BCUT2D eigenvalue weighted by Gasteiger charge is 2.70. The molecular weight excluding hydrogens is 537 g/mol. The first-order chi connectivity index (χ1) is 18.6. The van der Waals surface area contributed by atoms with E-state index in [9.17, 15) is 4.79 Å². The van der Waals surface area contributed by atoms with E-state index in [1.807, 2.05) is 0 Å². The fourth-order valence-electron chi connectivity index (χ4n) is 11.8. The minimum Gasteiger partial charge on any atom is -0.519 e. The molecule has 10 unspecified atom stereocenters. The van der Waals surface area contributed by atoms with Gasteiger partial charge < -0.3 is 8.85 Å². The van der Waals surface area contributed by atoms with Gasteiger partial charge in [-0.05, 0) is 148 Å². The summed E-state index contributed by atoms with van der Waals surface area (Å²) in [4.78, 5) is 14.2. The van der Waals surface area contributed by atoms with Gasteiger partial charge in [0.05, 0.1) is 11.5 Å². The topological polar surface area (TPSA) is 35.5 Å². The summed E-state index contributed by atoms with van der Waals surface area (Å²) < 4.78 is 13.3. The third-order valence-corrected chi connectivity index (χ3v) is 16.0. The zero-order valence-electron chi connectivity index (χ0n) is 29.1. The van der Waals surface area contributed by atoms with Crippen LogP contribution in [-0.4, -0.2) is 28.7 Å². The number of rotatable bonds is 4. The Morgan fingerprint density at radius 1 is 0.805 bits per heavy atom. The standard InChI is InChI=1S/C36H64O3Si2/c1-24-16-21-36(31(37)39-41(11,12)13)23-22-34(6)26(30(36)25(24)2)14-15-28-33(5)19-18-29(38-40(8,9)10)32(3,4)27(33)17-20-35(28,34)7/h14,24-25,27-30H,15-23H2,1-13H3. The van der Waals surface area contributed by atoms with Gasteiger partial charge in [0, 0.05) is 0 Å². The molecule has 5 heteroatoms. The van der Waals surface area contributed by atoms with Gasteiger partial charge in [0.15, 0.2) is 8.32 Å². The van der Waals surface area contributed by atoms with Crippen LogP contribution in [0.5, 0.6) is 0 Å². The minimum atomic E-state index is -1.97. The van der Waals surface area contributed by atoms with Gasteiger partial charge >= 0.3 is 0 Å². The van der Waals surface area contributed by atoms with E-state index in [-0.39, 0.29) is 27.6 Å². The van der Waals surface area contributed by atoms with Crippen LogP contribution >= 0.6 is 0 Å². The van der Waals surface area contributed by atoms with Crippen molar-refractivity contribution >= 4 is 22.6 Å². The maximum absolute atomic E-state index is 14.2. The molecule has 0 aromatic carbocycles. The van der Waals surface area contributed by atoms with Crippen LogP contribution in [0.25, 0.3) is 0 Å². The molecule has 5 aliphatic rings. The third-order valence-electron chi connectivity index (χ3n) is 14.2. The van der Waals surface area contributed by atoms with Crippen molar-refractivity contribution < 1.29 is 13.6 Å². The molecule has 0 amide bonds. The van der Waals surface area contributed by atoms with Gasteiger partial charge in [-0.3, -0.25) is 4.79 Å². The largest absolute Gasteiger partial charge is 0.519 e. The van der Waals surface area contributed by atoms with Crippen molar-refractivity contribution in [3.63, 3.8) is 0 Å². The van der Waals surface area contributed by atoms with Crippen LogP contribution in [0, 0.1) is 56.7 Å². The molecule has 0 N–H and O–H groups in total. The summed E-state index contributed by atoms with van der Waals surface area (Å²) >= 11 is 0. The molecule has 4 fully saturated rings. The van der Waals surface area contributed by atoms with Crippen LogP contribution in [0.3, 0.4) is 0 Å². The Morgan fingerprint density at radius 2 is 1.46 bits per heavy atom. The molecule has 5 rings (SSSR count). The van der Waals surface area contributed by atoms with Gasteiger partial charge in [-0.25, -0.2) is 0 Å². The second-order valence-corrected chi connectivity index (χ2v) is 27.8. The highest BCUT2D eigenvalue weighted by Crippen LogP contribution is 2.76. The van der Waals surface area contributed by atoms with Crippen LogP contribution in [-0.2, 0) is 13.6 Å². The van der Waals surface area contributed by atoms with Gasteiger partial charge in [-0.1, -0.05) is 60.1 Å². The Bertz CT molecular complexity index is 1080. The number of hydrogen-bond acceptors (Lipinski definition) is 3. The van der Waals surface area contributed by atoms with E-state index in [2.05, 4.69) is 93.8 Å². The molecule has 3 nitrogen and oxygen atoms in total. The normalized spacial score (nSPS) is 47.7. The van der Waals surface area contributed by atoms with E-state index >= 15 is 0 Å². The van der Waals surface area contributed by atoms with Crippen LogP contribution < -0.4 is 0 Å². The predicted molar refractivity (Wildman–Crippen MR) is 177 cm³/mol. The van der Waals surface area contributed by atoms with E-state index < -0.39 is 16.6 Å². The average Bonchev–Trinajstić information content (AvgIpc) is 2.82. The Kier molecular flexibility index (Phi) is 7.65. The number of carbonyl (C=O) groups excluding carboxylic acids is 1. The Labute approximate surface area is 255 Å². The quantitative estimate of drug-likeness (QED) is 0.238. The molecule has 0 heterocycles. The molecule has 0 saturated heterocycles. The summed E-state index contributed by atoms with van der Waals surface area (Å²) in [6, 6.07) is 0. The zero-order valence-corrected chi connectivity index (χ0v) is 31.1. The summed E-state index contributed by atoms with van der Waals surface area (Å²) in [7, 11) is -3.58. The molecule has 5 aliphatic carbocycles. The minimum absolute atomic E-state index is 0.147. The maximum Gasteiger partial charge on any atom is 0.299 e. The summed E-state index contributed by atoms with van der Waals surface area (Å²) in [5, 5.41) is 0. The maximum atomic E-state index is 14.2. The van der Waals surface area contributed by atoms with Crippen molar-refractivity contribution in [3.05, 3.63) is 11.6 Å². The van der Waals surface area contributed by atoms with Gasteiger partial charge in [-0.15, -0.1) is 0 Å². The zero-order chi connectivity index (χ0) is 30.6. The molecule has 10 atom stereocenters. The van der Waals surface area contributed by atoms with Crippen LogP contribution in [0.1, 0.15) is 106 Å². The molecule has 0 radical (unpaired) electrons. The molecule has 4 saturated carbocycles. The Balaban J connectivity index is 1.54. The lowest BCUT2D eigenvalue weighted by Crippen LogP contribution is -2.66. The third kappa shape index (κ3) is 4.75. The highest BCUT2D eigenvalue weighted by atomic mass is 28.4. The fraction of sp³-hybridized carbons (Fsp3) is 0.917. The summed E-state index contributed by atoms with van der Waals surface area (Å²) in [6.45, 7) is 31.6. The first-order valence-corrected chi connectivity index (χ1v) is 24.1. The SMILES string of the molecule is CC1CCC2(C(=O)O[Si](C)(C)C)CCC3(C)C(=CCC4C5(C)CCC(O[Si](C)(C)C)C(C)(C)C5CCC43C)C2C1C. The van der Waals surface area contributed by atoms with E-state index in [1.165, 1.54) is 32.1 Å². The van der Waals surface area contributed by atoms with Gasteiger partial charge in [-0.2, -0.15) is 0 Å². The molecule has 41 heavy (non-hydrogen) atoms. The lowest BCUT2D eigenvalue weighted by molar-refractivity contribution is -0.204. The molecule has 0 bridgehead atoms. The van der Waals surface area contributed by atoms with Crippen molar-refractivity contribution in [1.29, 1.82) is 0 Å². The van der Waals surface area contributed by atoms with Gasteiger partial charge in [0.25, 0.3) is 5.97 Å². The van der Waals surface area contributed by atoms with Gasteiger partial charge in [0.2, 0.25) is 8.32 Å². The average molecular weight is 601 g/mol. The number of fused-ring (bicyclic) bond motifs is 7. The summed E-state index contributed by atoms with van der Waals surface area (Å²) in [5.74, 6) is 3.03. The van der Waals surface area contributed by atoms with Crippen molar-refractivity contribution in [2.45, 2.75) is 152 Å². The highest BCUT2D eigenvalue weighted by molar-refractivity contribution is 6.71.